The quantitative estimate of drug-likeness (QED) is 0.766. The molecule has 0 spiro atoms. The zero-order valence-electron chi connectivity index (χ0n) is 13.4. The lowest BCUT2D eigenvalue weighted by atomic mass is 10.0. The minimum Gasteiger partial charge on any atom is -0.463 e. The van der Waals surface area contributed by atoms with E-state index in [9.17, 15) is 13.2 Å². The molecule has 1 aliphatic heterocycles. The average molecular weight is 367 g/mol. The van der Waals surface area contributed by atoms with Crippen LogP contribution in [0.3, 0.4) is 0 Å². The van der Waals surface area contributed by atoms with Crippen molar-refractivity contribution in [3.8, 4) is 0 Å². The first-order valence-electron chi connectivity index (χ1n) is 7.34. The second-order valence-electron chi connectivity index (χ2n) is 5.44. The van der Waals surface area contributed by atoms with E-state index in [0.29, 0.717) is 6.42 Å². The Bertz CT molecular complexity index is 644. The van der Waals surface area contributed by atoms with E-state index in [1.165, 1.54) is 13.2 Å². The summed E-state index contributed by atoms with van der Waals surface area (Å²) < 4.78 is 37.7. The summed E-state index contributed by atoms with van der Waals surface area (Å²) in [5.74, 6) is -0.528. The summed E-state index contributed by atoms with van der Waals surface area (Å²) in [7, 11) is -2.50. The smallest absolute Gasteiger partial charge is 0.373 e. The van der Waals surface area contributed by atoms with Gasteiger partial charge in [-0.1, -0.05) is 6.92 Å². The molecule has 1 aromatic heterocycles. The van der Waals surface area contributed by atoms with Crippen molar-refractivity contribution >= 4 is 28.4 Å². The van der Waals surface area contributed by atoms with Crippen molar-refractivity contribution in [3.05, 3.63) is 17.6 Å². The summed E-state index contributed by atoms with van der Waals surface area (Å²) in [6, 6.07) is 1.38. The van der Waals surface area contributed by atoms with Gasteiger partial charge >= 0.3 is 5.97 Å². The van der Waals surface area contributed by atoms with Gasteiger partial charge in [-0.3, -0.25) is 0 Å². The molecule has 1 fully saturated rings. The van der Waals surface area contributed by atoms with E-state index < -0.39 is 16.0 Å². The van der Waals surface area contributed by atoms with E-state index in [0.717, 1.165) is 19.4 Å². The minimum absolute atomic E-state index is 0. The lowest BCUT2D eigenvalue weighted by Crippen LogP contribution is -2.46. The molecule has 2 atom stereocenters. The van der Waals surface area contributed by atoms with Crippen molar-refractivity contribution < 1.29 is 22.4 Å². The highest BCUT2D eigenvalue weighted by Crippen LogP contribution is 2.23. The van der Waals surface area contributed by atoms with E-state index >= 15 is 0 Å². The van der Waals surface area contributed by atoms with Gasteiger partial charge in [-0.25, -0.2) is 17.9 Å². The van der Waals surface area contributed by atoms with Crippen molar-refractivity contribution in [2.24, 2.45) is 0 Å². The summed E-state index contributed by atoms with van der Waals surface area (Å²) in [5, 5.41) is 3.27. The van der Waals surface area contributed by atoms with Gasteiger partial charge in [0.15, 0.2) is 0 Å². The van der Waals surface area contributed by atoms with Crippen LogP contribution in [0.5, 0.6) is 0 Å². The van der Waals surface area contributed by atoms with Crippen LogP contribution in [0.2, 0.25) is 0 Å². The third-order valence-corrected chi connectivity index (χ3v) is 5.28. The number of hydrogen-bond acceptors (Lipinski definition) is 6. The lowest BCUT2D eigenvalue weighted by Gasteiger charge is -2.28. The predicted octanol–water partition coefficient (Wildman–Crippen LogP) is 1.47. The number of ether oxygens (including phenoxy) is 1. The Balaban J connectivity index is 0.00000264. The Hall–Kier alpha value is -1.09. The van der Waals surface area contributed by atoms with Crippen LogP contribution < -0.4 is 10.0 Å². The number of carbonyl (C=O) groups excluding carboxylic acids is 1. The van der Waals surface area contributed by atoms with Crippen molar-refractivity contribution in [3.63, 3.8) is 0 Å². The molecule has 1 aliphatic rings. The summed E-state index contributed by atoms with van der Waals surface area (Å²) in [6.07, 6.45) is 1.82. The van der Waals surface area contributed by atoms with E-state index in [4.69, 9.17) is 4.42 Å². The number of nitrogens with one attached hydrogen (secondary N) is 2. The number of furan rings is 1. The van der Waals surface area contributed by atoms with Crippen LogP contribution in [0.15, 0.2) is 15.4 Å². The van der Waals surface area contributed by atoms with Crippen molar-refractivity contribution in [1.82, 2.24) is 10.0 Å². The lowest BCUT2D eigenvalue weighted by molar-refractivity contribution is 0.0563. The molecule has 0 radical (unpaired) electrons. The Labute approximate surface area is 142 Å². The zero-order chi connectivity index (χ0) is 16.3. The molecule has 0 bridgehead atoms. The largest absolute Gasteiger partial charge is 0.463 e. The number of hydrogen-bond donors (Lipinski definition) is 2. The number of rotatable bonds is 5. The molecule has 1 aromatic rings. The number of carbonyl (C=O) groups is 1. The summed E-state index contributed by atoms with van der Waals surface area (Å²) in [6.45, 7) is 4.56. The molecule has 2 heterocycles. The van der Waals surface area contributed by atoms with Gasteiger partial charge in [0, 0.05) is 24.6 Å². The summed E-state index contributed by atoms with van der Waals surface area (Å²) in [5.41, 5.74) is 0. The standard InChI is InChI=1S/C14H22N2O5S.ClH/c1-4-11-13(8-12(21-11)14(17)20-3)22(18,19)16-10-5-6-15-9(2)7-10;/h8-10,15-16H,4-7H2,1-3H3;1H. The zero-order valence-corrected chi connectivity index (χ0v) is 15.1. The molecular weight excluding hydrogens is 344 g/mol. The van der Waals surface area contributed by atoms with Gasteiger partial charge < -0.3 is 14.5 Å². The maximum atomic E-state index is 12.6. The summed E-state index contributed by atoms with van der Waals surface area (Å²) >= 11 is 0. The number of aryl methyl sites for hydroxylation is 1. The molecule has 0 aliphatic carbocycles. The Kier molecular flexibility index (Phi) is 7.06. The SMILES string of the molecule is CCc1oc(C(=O)OC)cc1S(=O)(=O)NC1CCNC(C)C1.Cl. The van der Waals surface area contributed by atoms with E-state index in [1.807, 2.05) is 6.92 Å². The molecular formula is C14H23ClN2O5S. The van der Waals surface area contributed by atoms with Crippen LogP contribution in [-0.2, 0) is 21.2 Å². The maximum absolute atomic E-state index is 12.6. The maximum Gasteiger partial charge on any atom is 0.373 e. The first kappa shape index (κ1) is 20.0. The first-order chi connectivity index (χ1) is 10.4. The van der Waals surface area contributed by atoms with Crippen LogP contribution in [0.1, 0.15) is 43.0 Å². The second-order valence-corrected chi connectivity index (χ2v) is 7.12. The van der Waals surface area contributed by atoms with E-state index in [2.05, 4.69) is 14.8 Å². The van der Waals surface area contributed by atoms with Gasteiger partial charge in [0.05, 0.1) is 7.11 Å². The third-order valence-electron chi connectivity index (χ3n) is 3.71. The normalized spacial score (nSPS) is 21.5. The van der Waals surface area contributed by atoms with Crippen molar-refractivity contribution in [1.29, 1.82) is 0 Å². The molecule has 2 unspecified atom stereocenters. The van der Waals surface area contributed by atoms with Gasteiger partial charge in [0.1, 0.15) is 10.7 Å². The molecule has 1 saturated heterocycles. The monoisotopic (exact) mass is 366 g/mol. The molecule has 132 valence electrons. The summed E-state index contributed by atoms with van der Waals surface area (Å²) in [4.78, 5) is 11.5. The molecule has 2 N–H and O–H groups in total. The fourth-order valence-corrected chi connectivity index (χ4v) is 4.14. The van der Waals surface area contributed by atoms with Crippen LogP contribution in [0.4, 0.5) is 0 Å². The number of piperidine rings is 1. The van der Waals surface area contributed by atoms with Gasteiger partial charge in [0.2, 0.25) is 15.8 Å². The highest BCUT2D eigenvalue weighted by molar-refractivity contribution is 7.89. The first-order valence-corrected chi connectivity index (χ1v) is 8.82. The Morgan fingerprint density at radius 2 is 2.22 bits per heavy atom. The number of methoxy groups -OCH3 is 1. The molecule has 9 heteroatoms. The predicted molar refractivity (Wildman–Crippen MR) is 87.5 cm³/mol. The second kappa shape index (κ2) is 8.14. The fraction of sp³-hybridized carbons (Fsp3) is 0.643. The third kappa shape index (κ3) is 4.69. The highest BCUT2D eigenvalue weighted by Gasteiger charge is 2.29. The van der Waals surface area contributed by atoms with Crippen LogP contribution in [-0.4, -0.2) is 40.1 Å². The molecule has 0 saturated carbocycles. The van der Waals surface area contributed by atoms with Crippen LogP contribution in [0, 0.1) is 0 Å². The van der Waals surface area contributed by atoms with Crippen LogP contribution >= 0.6 is 12.4 Å². The van der Waals surface area contributed by atoms with Gasteiger partial charge in [-0.05, 0) is 26.3 Å². The fourth-order valence-electron chi connectivity index (χ4n) is 2.61. The topological polar surface area (TPSA) is 97.6 Å². The Morgan fingerprint density at radius 1 is 1.52 bits per heavy atom. The average Bonchev–Trinajstić information content (AvgIpc) is 2.91. The molecule has 0 aromatic carbocycles. The van der Waals surface area contributed by atoms with Gasteiger partial charge in [-0.15, -0.1) is 12.4 Å². The van der Waals surface area contributed by atoms with Crippen LogP contribution in [0.25, 0.3) is 0 Å². The number of halogens is 1. The van der Waals surface area contributed by atoms with Crippen molar-refractivity contribution in [2.45, 2.75) is 50.1 Å². The molecule has 2 rings (SSSR count). The molecule has 23 heavy (non-hydrogen) atoms. The highest BCUT2D eigenvalue weighted by atomic mass is 35.5. The van der Waals surface area contributed by atoms with Gasteiger partial charge in [0.25, 0.3) is 0 Å². The van der Waals surface area contributed by atoms with E-state index in [-0.39, 0.29) is 40.9 Å². The Morgan fingerprint density at radius 3 is 2.78 bits per heavy atom. The number of esters is 1. The van der Waals surface area contributed by atoms with E-state index in [1.54, 1.807) is 6.92 Å². The van der Waals surface area contributed by atoms with Crippen molar-refractivity contribution in [2.75, 3.05) is 13.7 Å². The molecule has 7 nitrogen and oxygen atoms in total. The minimum atomic E-state index is -3.73. The number of sulfonamides is 1. The molecule has 0 amide bonds. The van der Waals surface area contributed by atoms with Gasteiger partial charge in [-0.2, -0.15) is 0 Å².